The van der Waals surface area contributed by atoms with E-state index >= 15 is 0 Å². The number of likely N-dealkylation sites (tertiary alicyclic amines) is 1. The van der Waals surface area contributed by atoms with Gasteiger partial charge in [-0.3, -0.25) is 0 Å². The number of rotatable bonds is 7. The van der Waals surface area contributed by atoms with E-state index < -0.39 is 12.0 Å². The zero-order chi connectivity index (χ0) is 15.0. The van der Waals surface area contributed by atoms with Crippen LogP contribution in [0.15, 0.2) is 0 Å². The lowest BCUT2D eigenvalue weighted by molar-refractivity contribution is -0.139. The number of urea groups is 1. The predicted molar refractivity (Wildman–Crippen MR) is 77.8 cm³/mol. The molecule has 1 saturated heterocycles. The van der Waals surface area contributed by atoms with Crippen LogP contribution >= 0.6 is 0 Å². The number of carbonyl (C=O) groups is 2. The lowest BCUT2D eigenvalue weighted by Crippen LogP contribution is -2.50. The number of carboxylic acid groups (broad SMARTS) is 1. The minimum atomic E-state index is -0.969. The van der Waals surface area contributed by atoms with Crippen LogP contribution in [0.1, 0.15) is 45.4 Å². The molecule has 0 aliphatic carbocycles. The van der Waals surface area contributed by atoms with E-state index in [1.807, 2.05) is 6.92 Å². The van der Waals surface area contributed by atoms with Crippen molar-refractivity contribution in [1.29, 1.82) is 0 Å². The van der Waals surface area contributed by atoms with Crippen LogP contribution in [-0.2, 0) is 4.79 Å². The lowest BCUT2D eigenvalue weighted by Gasteiger charge is -2.32. The van der Waals surface area contributed by atoms with Gasteiger partial charge in [-0.1, -0.05) is 26.2 Å². The number of carboxylic acids is 1. The number of amides is 2. The molecule has 1 rings (SSSR count). The largest absolute Gasteiger partial charge is 0.480 e. The first kappa shape index (κ1) is 16.8. The van der Waals surface area contributed by atoms with Gasteiger partial charge in [-0.05, 0) is 32.9 Å². The monoisotopic (exact) mass is 285 g/mol. The van der Waals surface area contributed by atoms with E-state index in [4.69, 9.17) is 5.11 Å². The van der Waals surface area contributed by atoms with Crippen molar-refractivity contribution in [3.8, 4) is 0 Å². The Morgan fingerprint density at radius 2 is 2.15 bits per heavy atom. The number of piperidine rings is 1. The van der Waals surface area contributed by atoms with Gasteiger partial charge in [0.1, 0.15) is 6.04 Å². The highest BCUT2D eigenvalue weighted by molar-refractivity contribution is 5.82. The smallest absolute Gasteiger partial charge is 0.326 e. The summed E-state index contributed by atoms with van der Waals surface area (Å²) >= 11 is 0. The third-order valence-electron chi connectivity index (χ3n) is 3.87. The second-order valence-corrected chi connectivity index (χ2v) is 5.52. The molecule has 20 heavy (non-hydrogen) atoms. The molecule has 0 aromatic heterocycles. The number of likely N-dealkylation sites (N-methyl/N-ethyl adjacent to an activating group) is 1. The van der Waals surface area contributed by atoms with Crippen molar-refractivity contribution in [2.24, 2.45) is 0 Å². The van der Waals surface area contributed by atoms with Crippen LogP contribution in [-0.4, -0.2) is 54.2 Å². The van der Waals surface area contributed by atoms with Crippen molar-refractivity contribution in [3.63, 3.8) is 0 Å². The van der Waals surface area contributed by atoms with Gasteiger partial charge in [-0.15, -0.1) is 0 Å². The Bertz CT molecular complexity index is 323. The van der Waals surface area contributed by atoms with Crippen molar-refractivity contribution in [2.75, 3.05) is 20.1 Å². The summed E-state index contributed by atoms with van der Waals surface area (Å²) in [6.45, 7) is 3.63. The molecule has 2 atom stereocenters. The van der Waals surface area contributed by atoms with Crippen LogP contribution in [0.5, 0.6) is 0 Å². The number of nitrogens with one attached hydrogen (secondary N) is 2. The van der Waals surface area contributed by atoms with Crippen molar-refractivity contribution >= 4 is 12.0 Å². The van der Waals surface area contributed by atoms with Gasteiger partial charge in [0, 0.05) is 12.6 Å². The number of nitrogens with zero attached hydrogens (tertiary/aromatic N) is 1. The minimum Gasteiger partial charge on any atom is -0.480 e. The SMILES string of the molecule is CCCC[C@H](NC(=O)NCC1CCCCN1C)C(=O)O. The summed E-state index contributed by atoms with van der Waals surface area (Å²) in [5, 5.41) is 14.4. The van der Waals surface area contributed by atoms with Crippen molar-refractivity contribution < 1.29 is 14.7 Å². The van der Waals surface area contributed by atoms with Crippen LogP contribution in [0.3, 0.4) is 0 Å². The number of hydrogen-bond acceptors (Lipinski definition) is 3. The predicted octanol–water partition coefficient (Wildman–Crippen LogP) is 1.41. The average molecular weight is 285 g/mol. The normalized spacial score (nSPS) is 21.2. The van der Waals surface area contributed by atoms with E-state index in [2.05, 4.69) is 22.6 Å². The summed E-state index contributed by atoms with van der Waals surface area (Å²) in [4.78, 5) is 25.1. The first-order chi connectivity index (χ1) is 9.54. The molecular formula is C14H27N3O3. The first-order valence-electron chi connectivity index (χ1n) is 7.52. The topological polar surface area (TPSA) is 81.7 Å². The standard InChI is InChI=1S/C14H27N3O3/c1-3-4-8-12(13(18)19)16-14(20)15-10-11-7-5-6-9-17(11)2/h11-12H,3-10H2,1-2H3,(H,18,19)(H2,15,16,20)/t11?,12-/m0/s1. The molecule has 0 saturated carbocycles. The molecule has 0 aromatic rings. The molecule has 0 aromatic carbocycles. The fourth-order valence-corrected chi connectivity index (χ4v) is 2.49. The van der Waals surface area contributed by atoms with Crippen molar-refractivity contribution in [2.45, 2.75) is 57.5 Å². The van der Waals surface area contributed by atoms with E-state index in [9.17, 15) is 9.59 Å². The lowest BCUT2D eigenvalue weighted by atomic mass is 10.0. The fraction of sp³-hybridized carbons (Fsp3) is 0.857. The van der Waals surface area contributed by atoms with Crippen LogP contribution in [0, 0.1) is 0 Å². The Hall–Kier alpha value is -1.30. The number of carbonyl (C=O) groups excluding carboxylic acids is 1. The maximum Gasteiger partial charge on any atom is 0.326 e. The molecule has 3 N–H and O–H groups in total. The minimum absolute atomic E-state index is 0.355. The summed E-state index contributed by atoms with van der Waals surface area (Å²) in [6.07, 6.45) is 5.66. The molecule has 0 radical (unpaired) electrons. The van der Waals surface area contributed by atoms with E-state index in [-0.39, 0.29) is 6.03 Å². The van der Waals surface area contributed by atoms with E-state index in [0.717, 1.165) is 25.8 Å². The maximum atomic E-state index is 11.8. The maximum absolute atomic E-state index is 11.8. The van der Waals surface area contributed by atoms with E-state index in [1.165, 1.54) is 12.8 Å². The highest BCUT2D eigenvalue weighted by Gasteiger charge is 2.22. The van der Waals surface area contributed by atoms with E-state index in [0.29, 0.717) is 19.0 Å². The number of aliphatic carboxylic acids is 1. The molecule has 0 spiro atoms. The van der Waals surface area contributed by atoms with Crippen LogP contribution in [0.2, 0.25) is 0 Å². The molecule has 1 heterocycles. The highest BCUT2D eigenvalue weighted by Crippen LogP contribution is 2.13. The quantitative estimate of drug-likeness (QED) is 0.660. The molecule has 6 heteroatoms. The molecule has 2 amide bonds. The summed E-state index contributed by atoms with van der Waals surface area (Å²) in [7, 11) is 2.06. The fourth-order valence-electron chi connectivity index (χ4n) is 2.49. The Kier molecular flexibility index (Phi) is 7.36. The second-order valence-electron chi connectivity index (χ2n) is 5.52. The third-order valence-corrected chi connectivity index (χ3v) is 3.87. The Balaban J connectivity index is 2.31. The number of unbranched alkanes of at least 4 members (excludes halogenated alkanes) is 1. The van der Waals surface area contributed by atoms with Gasteiger partial charge in [-0.25, -0.2) is 9.59 Å². The Morgan fingerprint density at radius 3 is 2.75 bits per heavy atom. The summed E-state index contributed by atoms with van der Waals surface area (Å²) in [6, 6.07) is -0.820. The van der Waals surface area contributed by atoms with Gasteiger partial charge in [-0.2, -0.15) is 0 Å². The zero-order valence-electron chi connectivity index (χ0n) is 12.5. The summed E-state index contributed by atoms with van der Waals surface area (Å²) < 4.78 is 0. The molecule has 0 bridgehead atoms. The molecule has 1 aliphatic heterocycles. The molecule has 6 nitrogen and oxygen atoms in total. The van der Waals surface area contributed by atoms with Gasteiger partial charge in [0.15, 0.2) is 0 Å². The Morgan fingerprint density at radius 1 is 1.40 bits per heavy atom. The summed E-state index contributed by atoms with van der Waals surface area (Å²) in [5.41, 5.74) is 0. The third kappa shape index (κ3) is 5.77. The molecular weight excluding hydrogens is 258 g/mol. The highest BCUT2D eigenvalue weighted by atomic mass is 16.4. The van der Waals surface area contributed by atoms with Gasteiger partial charge in [0.05, 0.1) is 0 Å². The van der Waals surface area contributed by atoms with Gasteiger partial charge in [0.2, 0.25) is 0 Å². The van der Waals surface area contributed by atoms with Crippen LogP contribution < -0.4 is 10.6 Å². The van der Waals surface area contributed by atoms with Gasteiger partial charge < -0.3 is 20.6 Å². The molecule has 116 valence electrons. The van der Waals surface area contributed by atoms with Gasteiger partial charge in [0.25, 0.3) is 0 Å². The van der Waals surface area contributed by atoms with Crippen molar-refractivity contribution in [1.82, 2.24) is 15.5 Å². The van der Waals surface area contributed by atoms with E-state index in [1.54, 1.807) is 0 Å². The Labute approximate surface area is 120 Å². The van der Waals surface area contributed by atoms with Crippen LogP contribution in [0.25, 0.3) is 0 Å². The first-order valence-corrected chi connectivity index (χ1v) is 7.52. The average Bonchev–Trinajstić information content (AvgIpc) is 2.42. The number of hydrogen-bond donors (Lipinski definition) is 3. The summed E-state index contributed by atoms with van der Waals surface area (Å²) in [5.74, 6) is -0.969. The van der Waals surface area contributed by atoms with Crippen molar-refractivity contribution in [3.05, 3.63) is 0 Å². The molecule has 1 aliphatic rings. The molecule has 1 unspecified atom stereocenters. The zero-order valence-corrected chi connectivity index (χ0v) is 12.5. The molecule has 1 fully saturated rings. The van der Waals surface area contributed by atoms with Crippen LogP contribution in [0.4, 0.5) is 4.79 Å². The second kappa shape index (κ2) is 8.79. The van der Waals surface area contributed by atoms with Gasteiger partial charge >= 0.3 is 12.0 Å².